The fraction of sp³-hybridized carbons (Fsp3) is 0.233. The lowest BCUT2D eigenvalue weighted by Crippen LogP contribution is -2.50. The number of hydrogen-bond donors (Lipinski definition) is 1. The number of benzene rings is 2. The number of alkyl halides is 4. The molecule has 0 spiro atoms. The average Bonchev–Trinajstić information content (AvgIpc) is 3.35. The molecule has 0 bridgehead atoms. The van der Waals surface area contributed by atoms with E-state index in [9.17, 15) is 27.2 Å². The Morgan fingerprint density at radius 2 is 1.77 bits per heavy atom. The van der Waals surface area contributed by atoms with E-state index in [1.54, 1.807) is 13.0 Å². The van der Waals surface area contributed by atoms with Crippen molar-refractivity contribution in [1.29, 1.82) is 0 Å². The Labute approximate surface area is 241 Å². The maximum absolute atomic E-state index is 13.8. The summed E-state index contributed by atoms with van der Waals surface area (Å²) in [6, 6.07) is 14.2. The predicted molar refractivity (Wildman–Crippen MR) is 148 cm³/mol. The number of likely N-dealkylation sites (tertiary alicyclic amines) is 1. The summed E-state index contributed by atoms with van der Waals surface area (Å²) in [5.74, 6) is -0.747. The normalized spacial score (nSPS) is 14.5. The van der Waals surface area contributed by atoms with E-state index < -0.39 is 30.4 Å². The number of aromatic amines is 1. The standard InChI is InChI=1S/C30H24F4N6O3/c1-17-25(36-12-11-35-17)26-24(29(42)39-15-18(14-31)16-39)28-37-22(13-23(41)40(28)38-26)19-7-9-21(10-8-19)43-27(30(32,33)34)20-5-3-2-4-6-20/h2-13,18,27,38H,14-16H2,1H3. The molecular weight excluding hydrogens is 568 g/mol. The van der Waals surface area contributed by atoms with Crippen LogP contribution >= 0.6 is 0 Å². The number of rotatable bonds is 7. The van der Waals surface area contributed by atoms with Gasteiger partial charge in [-0.1, -0.05) is 30.3 Å². The zero-order chi connectivity index (χ0) is 30.3. The summed E-state index contributed by atoms with van der Waals surface area (Å²) in [4.78, 5) is 41.5. The van der Waals surface area contributed by atoms with Crippen molar-refractivity contribution in [3.63, 3.8) is 0 Å². The third-order valence-electron chi connectivity index (χ3n) is 7.21. The van der Waals surface area contributed by atoms with Crippen molar-refractivity contribution in [1.82, 2.24) is 29.5 Å². The Morgan fingerprint density at radius 3 is 2.42 bits per heavy atom. The first kappa shape index (κ1) is 28.1. The Bertz CT molecular complexity index is 1850. The number of ether oxygens (including phenoxy) is 1. The third-order valence-corrected chi connectivity index (χ3v) is 7.21. The van der Waals surface area contributed by atoms with Crippen molar-refractivity contribution >= 4 is 11.6 Å². The lowest BCUT2D eigenvalue weighted by atomic mass is 10.00. The lowest BCUT2D eigenvalue weighted by Gasteiger charge is -2.37. The molecule has 5 aromatic rings. The zero-order valence-corrected chi connectivity index (χ0v) is 22.7. The number of nitrogens with one attached hydrogen (secondary N) is 1. The first-order valence-corrected chi connectivity index (χ1v) is 13.3. The maximum Gasteiger partial charge on any atom is 0.429 e. The minimum Gasteiger partial charge on any atom is -0.476 e. The van der Waals surface area contributed by atoms with Gasteiger partial charge >= 0.3 is 6.18 Å². The van der Waals surface area contributed by atoms with Crippen LogP contribution in [-0.2, 0) is 0 Å². The van der Waals surface area contributed by atoms with Crippen LogP contribution in [0.15, 0.2) is 77.9 Å². The number of carbonyl (C=O) groups is 1. The highest BCUT2D eigenvalue weighted by Crippen LogP contribution is 2.37. The van der Waals surface area contributed by atoms with Gasteiger partial charge in [-0.05, 0) is 31.2 Å². The number of carbonyl (C=O) groups excluding carboxylic acids is 1. The highest BCUT2D eigenvalue weighted by atomic mass is 19.4. The molecule has 43 heavy (non-hydrogen) atoms. The van der Waals surface area contributed by atoms with E-state index in [2.05, 4.69) is 20.1 Å². The number of aryl methyl sites for hydroxylation is 1. The van der Waals surface area contributed by atoms with E-state index in [1.165, 1.54) is 71.9 Å². The first-order chi connectivity index (χ1) is 20.6. The molecule has 3 aromatic heterocycles. The van der Waals surface area contributed by atoms with Gasteiger partial charge < -0.3 is 9.64 Å². The monoisotopic (exact) mass is 592 g/mol. The summed E-state index contributed by atoms with van der Waals surface area (Å²) in [7, 11) is 0. The van der Waals surface area contributed by atoms with Gasteiger partial charge in [-0.2, -0.15) is 13.2 Å². The van der Waals surface area contributed by atoms with Crippen LogP contribution < -0.4 is 10.3 Å². The molecule has 0 aliphatic carbocycles. The van der Waals surface area contributed by atoms with Gasteiger partial charge in [-0.15, -0.1) is 0 Å². The van der Waals surface area contributed by atoms with Crippen LogP contribution in [0.3, 0.4) is 0 Å². The molecule has 0 radical (unpaired) electrons. The van der Waals surface area contributed by atoms with Gasteiger partial charge in [0.05, 0.1) is 23.8 Å². The van der Waals surface area contributed by atoms with Gasteiger partial charge in [0.1, 0.15) is 17.0 Å². The quantitative estimate of drug-likeness (QED) is 0.261. The number of nitrogens with zero attached hydrogens (tertiary/aromatic N) is 5. The van der Waals surface area contributed by atoms with Gasteiger partial charge in [0, 0.05) is 48.6 Å². The fourth-order valence-electron chi connectivity index (χ4n) is 5.00. The molecule has 13 heteroatoms. The highest BCUT2D eigenvalue weighted by molar-refractivity contribution is 6.06. The number of fused-ring (bicyclic) bond motifs is 1. The second kappa shape index (κ2) is 11.0. The van der Waals surface area contributed by atoms with E-state index in [-0.39, 0.29) is 52.9 Å². The molecule has 1 N–H and O–H groups in total. The summed E-state index contributed by atoms with van der Waals surface area (Å²) in [6.45, 7) is 1.60. The molecule has 1 atom stereocenters. The number of hydrogen-bond acceptors (Lipinski definition) is 6. The fourth-order valence-corrected chi connectivity index (χ4v) is 5.00. The summed E-state index contributed by atoms with van der Waals surface area (Å²) < 4.78 is 60.9. The maximum atomic E-state index is 13.8. The molecule has 4 heterocycles. The van der Waals surface area contributed by atoms with Crippen LogP contribution in [0.25, 0.3) is 28.3 Å². The molecule has 0 saturated carbocycles. The molecule has 1 aliphatic rings. The lowest BCUT2D eigenvalue weighted by molar-refractivity contribution is -0.198. The van der Waals surface area contributed by atoms with Crippen molar-refractivity contribution < 1.29 is 27.1 Å². The van der Waals surface area contributed by atoms with Gasteiger partial charge in [-0.25, -0.2) is 9.50 Å². The van der Waals surface area contributed by atoms with E-state index in [1.807, 2.05) is 0 Å². The molecule has 1 amide bonds. The van der Waals surface area contributed by atoms with Crippen LogP contribution in [0, 0.1) is 12.8 Å². The summed E-state index contributed by atoms with van der Waals surface area (Å²) in [5, 5.41) is 2.93. The SMILES string of the molecule is Cc1nccnc1-c1[nH]n2c(=O)cc(-c3ccc(OC(c4ccccc4)C(F)(F)F)cc3)nc2c1C(=O)N1CC(CF)C1. The van der Waals surface area contributed by atoms with Crippen molar-refractivity contribution in [2.75, 3.05) is 19.8 Å². The molecule has 1 saturated heterocycles. The summed E-state index contributed by atoms with van der Waals surface area (Å²) in [6.07, 6.45) is -3.87. The number of aromatic nitrogens is 5. The van der Waals surface area contributed by atoms with Crippen molar-refractivity contribution in [2.24, 2.45) is 5.92 Å². The Balaban J connectivity index is 1.39. The summed E-state index contributed by atoms with van der Waals surface area (Å²) in [5.41, 5.74) is 1.22. The second-order valence-corrected chi connectivity index (χ2v) is 10.2. The predicted octanol–water partition coefficient (Wildman–Crippen LogP) is 5.18. The van der Waals surface area contributed by atoms with E-state index in [4.69, 9.17) is 4.74 Å². The third kappa shape index (κ3) is 5.33. The average molecular weight is 593 g/mol. The molecule has 6 rings (SSSR count). The summed E-state index contributed by atoms with van der Waals surface area (Å²) >= 11 is 0. The number of halogens is 4. The van der Waals surface area contributed by atoms with Crippen LogP contribution in [0.2, 0.25) is 0 Å². The van der Waals surface area contributed by atoms with E-state index in [0.717, 1.165) is 4.52 Å². The van der Waals surface area contributed by atoms with Crippen LogP contribution in [0.1, 0.15) is 27.7 Å². The van der Waals surface area contributed by atoms with E-state index in [0.29, 0.717) is 17.0 Å². The molecule has 1 aliphatic heterocycles. The van der Waals surface area contributed by atoms with Crippen molar-refractivity contribution in [3.8, 4) is 28.4 Å². The number of amides is 1. The highest BCUT2D eigenvalue weighted by Gasteiger charge is 2.43. The Morgan fingerprint density at radius 1 is 1.07 bits per heavy atom. The molecule has 9 nitrogen and oxygen atoms in total. The van der Waals surface area contributed by atoms with Crippen molar-refractivity contribution in [3.05, 3.63) is 100 Å². The Kier molecular flexibility index (Phi) is 7.16. The van der Waals surface area contributed by atoms with Gasteiger partial charge in [-0.3, -0.25) is 29.0 Å². The van der Waals surface area contributed by atoms with E-state index >= 15 is 0 Å². The molecule has 2 aromatic carbocycles. The van der Waals surface area contributed by atoms with Gasteiger partial charge in [0.25, 0.3) is 11.5 Å². The minimum atomic E-state index is -4.65. The van der Waals surface area contributed by atoms with Gasteiger partial charge in [0.2, 0.25) is 6.10 Å². The van der Waals surface area contributed by atoms with Crippen LogP contribution in [-0.4, -0.2) is 61.3 Å². The molecule has 1 fully saturated rings. The number of H-pyrrole nitrogens is 1. The minimum absolute atomic E-state index is 0.0257. The second-order valence-electron chi connectivity index (χ2n) is 10.2. The molecular formula is C30H24F4N6O3. The largest absolute Gasteiger partial charge is 0.476 e. The first-order valence-electron chi connectivity index (χ1n) is 13.3. The van der Waals surface area contributed by atoms with Crippen molar-refractivity contribution in [2.45, 2.75) is 19.2 Å². The Hall–Kier alpha value is -5.07. The topological polar surface area (TPSA) is 105 Å². The molecule has 1 unspecified atom stereocenters. The molecule has 220 valence electrons. The smallest absolute Gasteiger partial charge is 0.429 e. The van der Waals surface area contributed by atoms with Crippen LogP contribution in [0.4, 0.5) is 17.6 Å². The zero-order valence-electron chi connectivity index (χ0n) is 22.7. The van der Waals surface area contributed by atoms with Gasteiger partial charge in [0.15, 0.2) is 5.65 Å². The van der Waals surface area contributed by atoms with Crippen LogP contribution in [0.5, 0.6) is 5.75 Å².